The van der Waals surface area contributed by atoms with E-state index in [4.69, 9.17) is 0 Å². The van der Waals surface area contributed by atoms with Crippen molar-refractivity contribution in [1.82, 2.24) is 15.5 Å². The van der Waals surface area contributed by atoms with Crippen LogP contribution in [0.4, 0.5) is 0 Å². The molecule has 1 saturated carbocycles. The van der Waals surface area contributed by atoms with Crippen molar-refractivity contribution in [3.63, 3.8) is 0 Å². The van der Waals surface area contributed by atoms with Crippen LogP contribution in [0.5, 0.6) is 0 Å². The van der Waals surface area contributed by atoms with E-state index in [2.05, 4.69) is 27.4 Å². The molecule has 0 aromatic rings. The van der Waals surface area contributed by atoms with E-state index in [1.807, 2.05) is 0 Å². The van der Waals surface area contributed by atoms with E-state index < -0.39 is 0 Å². The predicted octanol–water partition coefficient (Wildman–Crippen LogP) is 1.03. The number of hydrogen-bond acceptors (Lipinski definition) is 2. The zero-order chi connectivity index (χ0) is 10.5. The lowest BCUT2D eigenvalue weighted by Gasteiger charge is -2.29. The monoisotopic (exact) mass is 338 g/mol. The summed E-state index contributed by atoms with van der Waals surface area (Å²) in [5.74, 6) is 1.00. The third-order valence-corrected chi connectivity index (χ3v) is 2.90. The summed E-state index contributed by atoms with van der Waals surface area (Å²) in [6.07, 6.45) is 3.97. The first-order valence-electron chi connectivity index (χ1n) is 6.15. The molecule has 0 radical (unpaired) electrons. The van der Waals surface area contributed by atoms with E-state index in [9.17, 15) is 0 Å². The van der Waals surface area contributed by atoms with Crippen LogP contribution in [0.2, 0.25) is 0 Å². The molecule has 2 fully saturated rings. The summed E-state index contributed by atoms with van der Waals surface area (Å²) in [4.78, 5) is 7.02. The Labute approximate surface area is 115 Å². The third kappa shape index (κ3) is 4.86. The van der Waals surface area contributed by atoms with Crippen LogP contribution in [0.15, 0.2) is 4.99 Å². The first-order valence-corrected chi connectivity index (χ1v) is 6.15. The van der Waals surface area contributed by atoms with Gasteiger partial charge in [0.1, 0.15) is 0 Å². The minimum Gasteiger partial charge on any atom is -0.357 e. The predicted molar refractivity (Wildman–Crippen MR) is 78.6 cm³/mol. The van der Waals surface area contributed by atoms with Crippen molar-refractivity contribution >= 4 is 29.9 Å². The van der Waals surface area contributed by atoms with E-state index >= 15 is 0 Å². The fourth-order valence-electron chi connectivity index (χ4n) is 1.65. The molecule has 0 bridgehead atoms. The topological polar surface area (TPSA) is 39.7 Å². The highest BCUT2D eigenvalue weighted by Crippen LogP contribution is 2.18. The zero-order valence-electron chi connectivity index (χ0n) is 10.0. The normalized spacial score (nSPS) is 20.9. The summed E-state index contributed by atoms with van der Waals surface area (Å²) in [7, 11) is 0. The number of rotatable bonds is 5. The van der Waals surface area contributed by atoms with Gasteiger partial charge in [-0.15, -0.1) is 24.0 Å². The first-order chi connectivity index (χ1) is 7.38. The minimum atomic E-state index is 0. The summed E-state index contributed by atoms with van der Waals surface area (Å²) < 4.78 is 0. The highest BCUT2D eigenvalue weighted by atomic mass is 127. The quantitative estimate of drug-likeness (QED) is 0.447. The lowest BCUT2D eigenvalue weighted by molar-refractivity contribution is 0.187. The molecule has 1 saturated heterocycles. The molecule has 1 aliphatic heterocycles. The van der Waals surface area contributed by atoms with Crippen molar-refractivity contribution in [2.45, 2.75) is 32.2 Å². The summed E-state index contributed by atoms with van der Waals surface area (Å²) in [6, 6.07) is 0.687. The lowest BCUT2D eigenvalue weighted by atomic mass is 10.2. The smallest absolute Gasteiger partial charge is 0.191 e. The number of nitrogens with one attached hydrogen (secondary N) is 2. The molecular weight excluding hydrogens is 315 g/mol. The Morgan fingerprint density at radius 2 is 2.12 bits per heavy atom. The van der Waals surface area contributed by atoms with Crippen molar-refractivity contribution < 1.29 is 0 Å². The average molecular weight is 338 g/mol. The molecule has 16 heavy (non-hydrogen) atoms. The van der Waals surface area contributed by atoms with Crippen molar-refractivity contribution in [1.29, 1.82) is 0 Å². The van der Waals surface area contributed by atoms with E-state index in [0.717, 1.165) is 25.6 Å². The van der Waals surface area contributed by atoms with Gasteiger partial charge in [-0.1, -0.05) is 0 Å². The Bertz CT molecular complexity index is 224. The standard InChI is InChI=1S/C11H22N4.HI/c1-2-12-11(14-10-4-5-10)13-6-9-15-7-3-8-15;/h10H,2-9H2,1H3,(H2,12,13,14);1H. The van der Waals surface area contributed by atoms with Crippen LogP contribution in [0.3, 0.4) is 0 Å². The van der Waals surface area contributed by atoms with Crippen LogP contribution in [0.25, 0.3) is 0 Å². The Hall–Kier alpha value is -0.0400. The van der Waals surface area contributed by atoms with Crippen molar-refractivity contribution in [3.8, 4) is 0 Å². The van der Waals surface area contributed by atoms with Crippen molar-refractivity contribution in [2.24, 2.45) is 4.99 Å². The molecule has 94 valence electrons. The number of hydrogen-bond donors (Lipinski definition) is 2. The number of aliphatic imine (C=N–C) groups is 1. The van der Waals surface area contributed by atoms with E-state index in [1.54, 1.807) is 0 Å². The number of nitrogens with zero attached hydrogens (tertiary/aromatic N) is 2. The summed E-state index contributed by atoms with van der Waals surface area (Å²) in [5.41, 5.74) is 0. The number of halogens is 1. The first kappa shape index (κ1) is 14.0. The molecule has 0 aromatic heterocycles. The SMILES string of the molecule is CCNC(=NCCN1CCC1)NC1CC1.I. The molecule has 0 aromatic carbocycles. The molecule has 0 atom stereocenters. The molecule has 4 nitrogen and oxygen atoms in total. The van der Waals surface area contributed by atoms with E-state index in [-0.39, 0.29) is 24.0 Å². The summed E-state index contributed by atoms with van der Waals surface area (Å²) in [6.45, 7) is 7.62. The third-order valence-electron chi connectivity index (χ3n) is 2.90. The fraction of sp³-hybridized carbons (Fsp3) is 0.909. The number of guanidine groups is 1. The van der Waals surface area contributed by atoms with Crippen LogP contribution >= 0.6 is 24.0 Å². The van der Waals surface area contributed by atoms with E-state index in [0.29, 0.717) is 6.04 Å². The Balaban J connectivity index is 0.00000128. The Morgan fingerprint density at radius 3 is 2.62 bits per heavy atom. The Kier molecular flexibility index (Phi) is 6.41. The highest BCUT2D eigenvalue weighted by Gasteiger charge is 2.22. The van der Waals surface area contributed by atoms with Gasteiger partial charge < -0.3 is 15.5 Å². The maximum absolute atomic E-state index is 4.57. The second-order valence-electron chi connectivity index (χ2n) is 4.37. The maximum Gasteiger partial charge on any atom is 0.191 e. The van der Waals surface area contributed by atoms with Crippen LogP contribution in [-0.4, -0.2) is 49.6 Å². The second kappa shape index (κ2) is 7.32. The molecule has 2 aliphatic rings. The van der Waals surface area contributed by atoms with Gasteiger partial charge in [0, 0.05) is 19.1 Å². The fourth-order valence-corrected chi connectivity index (χ4v) is 1.65. The van der Waals surface area contributed by atoms with Gasteiger partial charge in [0.2, 0.25) is 0 Å². The van der Waals surface area contributed by atoms with Gasteiger partial charge in [-0.05, 0) is 39.3 Å². The van der Waals surface area contributed by atoms with Gasteiger partial charge in [-0.25, -0.2) is 0 Å². The van der Waals surface area contributed by atoms with Crippen LogP contribution in [-0.2, 0) is 0 Å². The van der Waals surface area contributed by atoms with Crippen molar-refractivity contribution in [2.75, 3.05) is 32.7 Å². The second-order valence-corrected chi connectivity index (χ2v) is 4.37. The van der Waals surface area contributed by atoms with Gasteiger partial charge in [0.15, 0.2) is 5.96 Å². The molecule has 0 amide bonds. The van der Waals surface area contributed by atoms with Gasteiger partial charge in [-0.2, -0.15) is 0 Å². The molecule has 0 spiro atoms. The van der Waals surface area contributed by atoms with E-state index in [1.165, 1.54) is 32.4 Å². The lowest BCUT2D eigenvalue weighted by Crippen LogP contribution is -2.41. The van der Waals surface area contributed by atoms with Crippen molar-refractivity contribution in [3.05, 3.63) is 0 Å². The summed E-state index contributed by atoms with van der Waals surface area (Å²) >= 11 is 0. The van der Waals surface area contributed by atoms with Gasteiger partial charge in [0.25, 0.3) is 0 Å². The molecule has 0 unspecified atom stereocenters. The highest BCUT2D eigenvalue weighted by molar-refractivity contribution is 14.0. The molecule has 2 N–H and O–H groups in total. The Morgan fingerprint density at radius 1 is 1.38 bits per heavy atom. The van der Waals surface area contributed by atoms with Crippen LogP contribution in [0.1, 0.15) is 26.2 Å². The minimum absolute atomic E-state index is 0. The van der Waals surface area contributed by atoms with Gasteiger partial charge in [-0.3, -0.25) is 4.99 Å². The molecule has 1 aliphatic carbocycles. The molecular formula is C11H23IN4. The summed E-state index contributed by atoms with van der Waals surface area (Å²) in [5, 5.41) is 6.71. The van der Waals surface area contributed by atoms with Crippen LogP contribution < -0.4 is 10.6 Å². The largest absolute Gasteiger partial charge is 0.357 e. The molecule has 5 heteroatoms. The molecule has 2 rings (SSSR count). The van der Waals surface area contributed by atoms with Crippen LogP contribution in [0, 0.1) is 0 Å². The zero-order valence-corrected chi connectivity index (χ0v) is 12.4. The molecule has 1 heterocycles. The number of likely N-dealkylation sites (tertiary alicyclic amines) is 1. The maximum atomic E-state index is 4.57. The van der Waals surface area contributed by atoms with Gasteiger partial charge in [0.05, 0.1) is 6.54 Å². The average Bonchev–Trinajstić information content (AvgIpc) is 2.93. The van der Waals surface area contributed by atoms with Gasteiger partial charge >= 0.3 is 0 Å².